The molecule has 1 aromatic carbocycles. The summed E-state index contributed by atoms with van der Waals surface area (Å²) < 4.78 is 6.08. The van der Waals surface area contributed by atoms with Gasteiger partial charge in [-0.1, -0.05) is 23.2 Å². The van der Waals surface area contributed by atoms with Crippen molar-refractivity contribution < 1.29 is 4.74 Å². The number of hydrogen-bond acceptors (Lipinski definition) is 4. The van der Waals surface area contributed by atoms with Crippen LogP contribution in [0.2, 0.25) is 10.0 Å². The van der Waals surface area contributed by atoms with Crippen LogP contribution in [0.25, 0.3) is 22.2 Å². The van der Waals surface area contributed by atoms with Crippen LogP contribution in [0.5, 0.6) is 5.75 Å². The molecule has 130 valence electrons. The van der Waals surface area contributed by atoms with Crippen LogP contribution in [0.3, 0.4) is 0 Å². The summed E-state index contributed by atoms with van der Waals surface area (Å²) in [6.45, 7) is 1.90. The summed E-state index contributed by atoms with van der Waals surface area (Å²) in [6.07, 6.45) is 6.30. The van der Waals surface area contributed by atoms with E-state index in [1.807, 2.05) is 37.3 Å². The first-order chi connectivity index (χ1) is 12.6. The minimum Gasteiger partial charge on any atom is -0.486 e. The van der Waals surface area contributed by atoms with Crippen LogP contribution in [0.15, 0.2) is 55.1 Å². The molecule has 0 bridgehead atoms. The fourth-order valence-electron chi connectivity index (χ4n) is 2.86. The number of rotatable bonds is 4. The highest BCUT2D eigenvalue weighted by atomic mass is 35.5. The Morgan fingerprint density at radius 2 is 1.85 bits per heavy atom. The quantitative estimate of drug-likeness (QED) is 0.506. The number of aromatic amines is 1. The molecule has 1 atom stereocenters. The van der Waals surface area contributed by atoms with Gasteiger partial charge in [-0.25, -0.2) is 0 Å². The highest BCUT2D eigenvalue weighted by molar-refractivity contribution is 6.35. The number of benzene rings is 1. The van der Waals surface area contributed by atoms with E-state index in [1.54, 1.807) is 24.8 Å². The third-order valence-corrected chi connectivity index (χ3v) is 4.68. The monoisotopic (exact) mass is 384 g/mol. The number of hydrogen-bond donors (Lipinski definition) is 1. The van der Waals surface area contributed by atoms with Gasteiger partial charge in [0.2, 0.25) is 0 Å². The van der Waals surface area contributed by atoms with Gasteiger partial charge in [-0.15, -0.1) is 0 Å². The lowest BCUT2D eigenvalue weighted by atomic mass is 10.1. The molecular weight excluding hydrogens is 371 g/mol. The average Bonchev–Trinajstić information content (AvgIpc) is 3.05. The second kappa shape index (κ2) is 6.94. The summed E-state index contributed by atoms with van der Waals surface area (Å²) >= 11 is 12.4. The number of ether oxygens (including phenoxy) is 1. The normalized spacial score (nSPS) is 12.3. The Labute approximate surface area is 160 Å². The smallest absolute Gasteiger partial charge is 0.124 e. The Balaban J connectivity index is 1.70. The molecule has 0 amide bonds. The second-order valence-corrected chi connectivity index (χ2v) is 6.61. The zero-order chi connectivity index (χ0) is 18.1. The first-order valence-corrected chi connectivity index (χ1v) is 8.73. The fourth-order valence-corrected chi connectivity index (χ4v) is 3.53. The van der Waals surface area contributed by atoms with E-state index in [9.17, 15) is 0 Å². The number of nitrogens with one attached hydrogen (secondary N) is 1. The van der Waals surface area contributed by atoms with Crippen LogP contribution >= 0.6 is 23.2 Å². The largest absolute Gasteiger partial charge is 0.486 e. The summed E-state index contributed by atoms with van der Waals surface area (Å²) in [4.78, 5) is 8.13. The second-order valence-electron chi connectivity index (χ2n) is 5.80. The molecule has 4 rings (SSSR count). The van der Waals surface area contributed by atoms with E-state index < -0.39 is 0 Å². The van der Waals surface area contributed by atoms with Gasteiger partial charge >= 0.3 is 0 Å². The van der Waals surface area contributed by atoms with Gasteiger partial charge in [0.05, 0.1) is 15.6 Å². The van der Waals surface area contributed by atoms with Gasteiger partial charge in [-0.05, 0) is 37.3 Å². The van der Waals surface area contributed by atoms with Crippen molar-refractivity contribution in [3.05, 3.63) is 70.7 Å². The van der Waals surface area contributed by atoms with Gasteiger partial charge in [0.15, 0.2) is 0 Å². The topological polar surface area (TPSA) is 63.7 Å². The van der Waals surface area contributed by atoms with E-state index in [1.165, 1.54) is 0 Å². The molecule has 0 aliphatic heterocycles. The standard InChI is InChI=1S/C19H14Cl2N4O/c1-11(18-15(20)9-23-10-16(18)21)26-13-4-5-17-14(7-13)19(25-24-17)12-3-2-6-22-8-12/h2-11H,1H3,(H,24,25). The Kier molecular flexibility index (Phi) is 4.49. The minimum absolute atomic E-state index is 0.329. The molecular formula is C19H14Cl2N4O. The number of aromatic nitrogens is 4. The molecule has 1 N–H and O–H groups in total. The first kappa shape index (κ1) is 16.8. The van der Waals surface area contributed by atoms with E-state index in [0.29, 0.717) is 21.4 Å². The van der Waals surface area contributed by atoms with Crippen molar-refractivity contribution in [3.8, 4) is 17.0 Å². The van der Waals surface area contributed by atoms with Gasteiger partial charge < -0.3 is 4.74 Å². The number of nitrogens with zero attached hydrogens (tertiary/aromatic N) is 3. The van der Waals surface area contributed by atoms with E-state index in [-0.39, 0.29) is 6.10 Å². The van der Waals surface area contributed by atoms with Crippen LogP contribution < -0.4 is 4.74 Å². The molecule has 3 aromatic heterocycles. The van der Waals surface area contributed by atoms with Crippen LogP contribution in [0.1, 0.15) is 18.6 Å². The van der Waals surface area contributed by atoms with Crippen LogP contribution in [-0.4, -0.2) is 20.2 Å². The van der Waals surface area contributed by atoms with Crippen molar-refractivity contribution in [3.63, 3.8) is 0 Å². The molecule has 7 heteroatoms. The molecule has 3 heterocycles. The predicted octanol–water partition coefficient (Wildman–Crippen LogP) is 5.47. The summed E-state index contributed by atoms with van der Waals surface area (Å²) in [7, 11) is 0. The van der Waals surface area contributed by atoms with E-state index in [0.717, 1.165) is 22.2 Å². The maximum Gasteiger partial charge on any atom is 0.124 e. The Bertz CT molecular complexity index is 1050. The highest BCUT2D eigenvalue weighted by Crippen LogP contribution is 2.34. The molecule has 0 saturated carbocycles. The van der Waals surface area contributed by atoms with Crippen molar-refractivity contribution in [2.45, 2.75) is 13.0 Å². The molecule has 0 spiro atoms. The van der Waals surface area contributed by atoms with E-state index in [4.69, 9.17) is 27.9 Å². The third kappa shape index (κ3) is 3.11. The zero-order valence-corrected chi connectivity index (χ0v) is 15.3. The zero-order valence-electron chi connectivity index (χ0n) is 13.8. The third-order valence-electron chi connectivity index (χ3n) is 4.08. The van der Waals surface area contributed by atoms with E-state index in [2.05, 4.69) is 20.2 Å². The number of halogens is 2. The van der Waals surface area contributed by atoms with Crippen molar-refractivity contribution in [2.24, 2.45) is 0 Å². The van der Waals surface area contributed by atoms with Gasteiger partial charge in [0.1, 0.15) is 17.5 Å². The molecule has 1 unspecified atom stereocenters. The highest BCUT2D eigenvalue weighted by Gasteiger charge is 2.17. The Hall–Kier alpha value is -2.63. The summed E-state index contributed by atoms with van der Waals surface area (Å²) in [6, 6.07) is 9.61. The average molecular weight is 385 g/mol. The maximum atomic E-state index is 6.22. The van der Waals surface area contributed by atoms with Gasteiger partial charge in [0, 0.05) is 41.3 Å². The van der Waals surface area contributed by atoms with Crippen molar-refractivity contribution in [2.75, 3.05) is 0 Å². The molecule has 4 aromatic rings. The summed E-state index contributed by atoms with van der Waals surface area (Å²) in [5.41, 5.74) is 3.39. The van der Waals surface area contributed by atoms with Crippen LogP contribution in [-0.2, 0) is 0 Å². The van der Waals surface area contributed by atoms with Crippen LogP contribution in [0.4, 0.5) is 0 Å². The number of H-pyrrole nitrogens is 1. The molecule has 26 heavy (non-hydrogen) atoms. The minimum atomic E-state index is -0.329. The molecule has 0 aliphatic rings. The molecule has 0 fully saturated rings. The van der Waals surface area contributed by atoms with Crippen molar-refractivity contribution >= 4 is 34.1 Å². The molecule has 5 nitrogen and oxygen atoms in total. The van der Waals surface area contributed by atoms with E-state index >= 15 is 0 Å². The number of fused-ring (bicyclic) bond motifs is 1. The predicted molar refractivity (Wildman–Crippen MR) is 103 cm³/mol. The first-order valence-electron chi connectivity index (χ1n) is 7.97. The van der Waals surface area contributed by atoms with Crippen molar-refractivity contribution in [1.29, 1.82) is 0 Å². The summed E-state index contributed by atoms with van der Waals surface area (Å²) in [5.74, 6) is 0.695. The lowest BCUT2D eigenvalue weighted by molar-refractivity contribution is 0.227. The molecule has 0 saturated heterocycles. The number of pyridine rings is 2. The molecule has 0 radical (unpaired) electrons. The van der Waals surface area contributed by atoms with Gasteiger partial charge in [-0.2, -0.15) is 5.10 Å². The molecule has 0 aliphatic carbocycles. The fraction of sp³-hybridized carbons (Fsp3) is 0.105. The van der Waals surface area contributed by atoms with Crippen LogP contribution in [0, 0.1) is 0 Å². The summed E-state index contributed by atoms with van der Waals surface area (Å²) in [5, 5.41) is 9.34. The van der Waals surface area contributed by atoms with Gasteiger partial charge in [-0.3, -0.25) is 15.1 Å². The Morgan fingerprint density at radius 3 is 2.58 bits per heavy atom. The van der Waals surface area contributed by atoms with Gasteiger partial charge in [0.25, 0.3) is 0 Å². The van der Waals surface area contributed by atoms with Crippen molar-refractivity contribution in [1.82, 2.24) is 20.2 Å². The SMILES string of the molecule is CC(Oc1ccc2[nH]nc(-c3cccnc3)c2c1)c1c(Cl)cncc1Cl. The lowest BCUT2D eigenvalue weighted by Gasteiger charge is -2.17. The lowest BCUT2D eigenvalue weighted by Crippen LogP contribution is -2.05. The Morgan fingerprint density at radius 1 is 1.04 bits per heavy atom. The maximum absolute atomic E-state index is 6.22.